The molecule has 0 aliphatic carbocycles. The Morgan fingerprint density at radius 3 is 2.27 bits per heavy atom. The number of benzene rings is 1. The predicted octanol–water partition coefficient (Wildman–Crippen LogP) is 2.59. The maximum atomic E-state index is 12.9. The van der Waals surface area contributed by atoms with Crippen LogP contribution in [0, 0.1) is 6.92 Å². The summed E-state index contributed by atoms with van der Waals surface area (Å²) >= 11 is 0. The van der Waals surface area contributed by atoms with Crippen molar-refractivity contribution < 1.29 is 13.2 Å². The van der Waals surface area contributed by atoms with Crippen LogP contribution in [0.25, 0.3) is 0 Å². The van der Waals surface area contributed by atoms with Gasteiger partial charge in [-0.05, 0) is 63.4 Å². The number of carbonyl (C=O) groups is 1. The van der Waals surface area contributed by atoms with Crippen molar-refractivity contribution in [3.8, 4) is 0 Å². The highest BCUT2D eigenvalue weighted by Crippen LogP contribution is 2.25. The van der Waals surface area contributed by atoms with E-state index in [1.165, 1.54) is 6.42 Å². The van der Waals surface area contributed by atoms with Gasteiger partial charge >= 0.3 is 0 Å². The van der Waals surface area contributed by atoms with Crippen molar-refractivity contribution in [2.75, 3.05) is 38.0 Å². The first-order valence-corrected chi connectivity index (χ1v) is 11.0. The first-order chi connectivity index (χ1) is 12.5. The fourth-order valence-corrected chi connectivity index (χ4v) is 5.20. The number of rotatable bonds is 5. The summed E-state index contributed by atoms with van der Waals surface area (Å²) in [5.41, 5.74) is 1.46. The second-order valence-corrected chi connectivity index (χ2v) is 9.26. The van der Waals surface area contributed by atoms with Crippen molar-refractivity contribution in [2.45, 2.75) is 50.3 Å². The molecule has 0 atom stereocenters. The molecule has 1 aromatic rings. The highest BCUT2D eigenvalue weighted by atomic mass is 32.2. The van der Waals surface area contributed by atoms with Crippen LogP contribution in [0.4, 0.5) is 5.69 Å². The van der Waals surface area contributed by atoms with Crippen molar-refractivity contribution in [2.24, 2.45) is 0 Å². The van der Waals surface area contributed by atoms with E-state index in [0.717, 1.165) is 50.8 Å². The molecule has 2 fully saturated rings. The lowest BCUT2D eigenvalue weighted by atomic mass is 10.1. The summed E-state index contributed by atoms with van der Waals surface area (Å²) in [6.07, 6.45) is 6.39. The fraction of sp³-hybridized carbons (Fsp3) is 0.632. The van der Waals surface area contributed by atoms with E-state index in [0.29, 0.717) is 25.3 Å². The molecule has 7 heteroatoms. The van der Waals surface area contributed by atoms with Gasteiger partial charge in [-0.15, -0.1) is 0 Å². The van der Waals surface area contributed by atoms with Gasteiger partial charge in [0.15, 0.2) is 0 Å². The first kappa shape index (κ1) is 19.3. The smallest absolute Gasteiger partial charge is 0.243 e. The lowest BCUT2D eigenvalue weighted by Crippen LogP contribution is -2.37. The number of likely N-dealkylation sites (tertiary alicyclic amines) is 1. The summed E-state index contributed by atoms with van der Waals surface area (Å²) in [6.45, 7) is 5.31. The van der Waals surface area contributed by atoms with Gasteiger partial charge in [-0.1, -0.05) is 18.9 Å². The van der Waals surface area contributed by atoms with Crippen molar-refractivity contribution in [1.29, 1.82) is 0 Å². The molecule has 0 radical (unpaired) electrons. The number of anilines is 1. The fourth-order valence-electron chi connectivity index (χ4n) is 3.66. The molecule has 0 bridgehead atoms. The number of aryl methyl sites for hydroxylation is 1. The molecule has 0 saturated carbocycles. The van der Waals surface area contributed by atoms with E-state index in [1.54, 1.807) is 22.5 Å². The Bertz CT molecular complexity index is 736. The van der Waals surface area contributed by atoms with Gasteiger partial charge in [0.1, 0.15) is 0 Å². The van der Waals surface area contributed by atoms with Crippen LogP contribution < -0.4 is 5.32 Å². The van der Waals surface area contributed by atoms with Gasteiger partial charge in [0.2, 0.25) is 15.9 Å². The summed E-state index contributed by atoms with van der Waals surface area (Å²) in [4.78, 5) is 14.8. The van der Waals surface area contributed by atoms with E-state index in [1.807, 2.05) is 6.92 Å². The van der Waals surface area contributed by atoms with E-state index in [-0.39, 0.29) is 10.8 Å². The predicted molar refractivity (Wildman–Crippen MR) is 103 cm³/mol. The average molecular weight is 380 g/mol. The van der Waals surface area contributed by atoms with Gasteiger partial charge in [-0.3, -0.25) is 9.69 Å². The van der Waals surface area contributed by atoms with Crippen molar-refractivity contribution >= 4 is 21.6 Å². The van der Waals surface area contributed by atoms with Crippen LogP contribution in [0.2, 0.25) is 0 Å². The number of hydrogen-bond donors (Lipinski definition) is 1. The maximum absolute atomic E-state index is 12.9. The van der Waals surface area contributed by atoms with Gasteiger partial charge in [0.25, 0.3) is 0 Å². The summed E-state index contributed by atoms with van der Waals surface area (Å²) in [7, 11) is -3.49. The van der Waals surface area contributed by atoms with Crippen molar-refractivity contribution in [1.82, 2.24) is 9.21 Å². The van der Waals surface area contributed by atoms with Gasteiger partial charge in [-0.2, -0.15) is 4.31 Å². The number of hydrogen-bond acceptors (Lipinski definition) is 4. The zero-order valence-corrected chi connectivity index (χ0v) is 16.4. The molecule has 144 valence electrons. The maximum Gasteiger partial charge on any atom is 0.243 e. The summed E-state index contributed by atoms with van der Waals surface area (Å²) < 4.78 is 27.3. The Balaban J connectivity index is 1.71. The second kappa shape index (κ2) is 8.50. The number of piperidine rings is 2. The molecule has 2 heterocycles. The Kier molecular flexibility index (Phi) is 6.32. The molecule has 0 spiro atoms. The molecule has 26 heavy (non-hydrogen) atoms. The summed E-state index contributed by atoms with van der Waals surface area (Å²) in [5.74, 6) is -0.0810. The van der Waals surface area contributed by atoms with Gasteiger partial charge in [0.05, 0.1) is 11.4 Å². The molecule has 6 nitrogen and oxygen atoms in total. The molecule has 1 amide bonds. The molecule has 0 aromatic heterocycles. The van der Waals surface area contributed by atoms with Gasteiger partial charge in [0, 0.05) is 18.8 Å². The minimum absolute atomic E-state index is 0.0810. The highest BCUT2D eigenvalue weighted by Gasteiger charge is 2.26. The van der Waals surface area contributed by atoms with Crippen LogP contribution in [-0.2, 0) is 14.8 Å². The van der Waals surface area contributed by atoms with Crippen LogP contribution in [0.15, 0.2) is 23.1 Å². The Labute approximate surface area is 156 Å². The van der Waals surface area contributed by atoms with Crippen LogP contribution in [-0.4, -0.2) is 56.3 Å². The van der Waals surface area contributed by atoms with Crippen molar-refractivity contribution in [3.63, 3.8) is 0 Å². The van der Waals surface area contributed by atoms with E-state index < -0.39 is 10.0 Å². The first-order valence-electron chi connectivity index (χ1n) is 9.60. The van der Waals surface area contributed by atoms with Gasteiger partial charge in [-0.25, -0.2) is 8.42 Å². The summed E-state index contributed by atoms with van der Waals surface area (Å²) in [5, 5.41) is 2.91. The van der Waals surface area contributed by atoms with E-state index in [2.05, 4.69) is 10.2 Å². The van der Waals surface area contributed by atoms with E-state index >= 15 is 0 Å². The third-order valence-electron chi connectivity index (χ3n) is 5.25. The van der Waals surface area contributed by atoms with Crippen LogP contribution >= 0.6 is 0 Å². The molecule has 2 aliphatic rings. The average Bonchev–Trinajstić information content (AvgIpc) is 2.65. The largest absolute Gasteiger partial charge is 0.325 e. The van der Waals surface area contributed by atoms with Crippen LogP contribution in [0.1, 0.15) is 44.1 Å². The zero-order chi connectivity index (χ0) is 18.6. The standard InChI is InChI=1S/C19H29N3O3S/c1-16-8-9-17(26(24,25)22-12-6-3-7-13-22)14-18(16)20-19(23)15-21-10-4-2-5-11-21/h8-9,14H,2-7,10-13,15H2,1H3,(H,20,23). The highest BCUT2D eigenvalue weighted by molar-refractivity contribution is 7.89. The SMILES string of the molecule is Cc1ccc(S(=O)(=O)N2CCCCC2)cc1NC(=O)CN1CCCCC1. The lowest BCUT2D eigenvalue weighted by molar-refractivity contribution is -0.117. The number of nitrogens with one attached hydrogen (secondary N) is 1. The number of amides is 1. The normalized spacial score (nSPS) is 20.0. The zero-order valence-electron chi connectivity index (χ0n) is 15.5. The second-order valence-electron chi connectivity index (χ2n) is 7.33. The third kappa shape index (κ3) is 4.64. The molecule has 2 saturated heterocycles. The van der Waals surface area contributed by atoms with Crippen LogP contribution in [0.5, 0.6) is 0 Å². The molecular formula is C19H29N3O3S. The summed E-state index contributed by atoms with van der Waals surface area (Å²) in [6, 6.07) is 5.01. The molecule has 2 aliphatic heterocycles. The monoisotopic (exact) mass is 379 g/mol. The number of sulfonamides is 1. The molecular weight excluding hydrogens is 350 g/mol. The molecule has 3 rings (SSSR count). The number of nitrogens with zero attached hydrogens (tertiary/aromatic N) is 2. The van der Waals surface area contributed by atoms with E-state index in [9.17, 15) is 13.2 Å². The minimum Gasteiger partial charge on any atom is -0.325 e. The Morgan fingerprint density at radius 1 is 1.00 bits per heavy atom. The Morgan fingerprint density at radius 2 is 1.62 bits per heavy atom. The quantitative estimate of drug-likeness (QED) is 0.854. The minimum atomic E-state index is -3.49. The topological polar surface area (TPSA) is 69.7 Å². The molecule has 1 aromatic carbocycles. The number of carbonyl (C=O) groups excluding carboxylic acids is 1. The van der Waals surface area contributed by atoms with E-state index in [4.69, 9.17) is 0 Å². The van der Waals surface area contributed by atoms with Crippen LogP contribution in [0.3, 0.4) is 0 Å². The van der Waals surface area contributed by atoms with Crippen molar-refractivity contribution in [3.05, 3.63) is 23.8 Å². The lowest BCUT2D eigenvalue weighted by Gasteiger charge is -2.27. The third-order valence-corrected chi connectivity index (χ3v) is 7.15. The van der Waals surface area contributed by atoms with Gasteiger partial charge < -0.3 is 5.32 Å². The molecule has 0 unspecified atom stereocenters. The Hall–Kier alpha value is -1.44. The molecule has 1 N–H and O–H groups in total.